The Hall–Kier alpha value is -2.79. The number of phenolic OH excluding ortho intramolecular Hbond substituents is 1. The van der Waals surface area contributed by atoms with Crippen molar-refractivity contribution in [2.24, 2.45) is 0 Å². The lowest BCUT2D eigenvalue weighted by molar-refractivity contribution is 0.0483. The zero-order valence-corrected chi connectivity index (χ0v) is 15.4. The number of benzene rings is 2. The van der Waals surface area contributed by atoms with Crippen LogP contribution in [-0.4, -0.2) is 35.2 Å². The fraction of sp³-hybridized carbons (Fsp3) is 0.318. The Bertz CT molecular complexity index is 956. The van der Waals surface area contributed by atoms with E-state index in [1.54, 1.807) is 17.0 Å². The highest BCUT2D eigenvalue weighted by Gasteiger charge is 2.28. The molecule has 0 spiro atoms. The van der Waals surface area contributed by atoms with Crippen LogP contribution in [0.4, 0.5) is 0 Å². The van der Waals surface area contributed by atoms with Crippen LogP contribution in [0.1, 0.15) is 34.5 Å². The zero-order chi connectivity index (χ0) is 18.8. The summed E-state index contributed by atoms with van der Waals surface area (Å²) in [5.41, 5.74) is 2.25. The summed E-state index contributed by atoms with van der Waals surface area (Å²) in [6, 6.07) is 14.7. The number of amides is 1. The number of para-hydroxylation sites is 2. The zero-order valence-electron chi connectivity index (χ0n) is 15.4. The van der Waals surface area contributed by atoms with Gasteiger partial charge in [-0.15, -0.1) is 0 Å². The van der Waals surface area contributed by atoms with Crippen molar-refractivity contribution in [2.45, 2.75) is 32.4 Å². The molecular formula is C22H23NO4. The van der Waals surface area contributed by atoms with E-state index in [2.05, 4.69) is 0 Å². The quantitative estimate of drug-likeness (QED) is 0.733. The van der Waals surface area contributed by atoms with Crippen LogP contribution in [0.25, 0.3) is 11.0 Å². The second-order valence-electron chi connectivity index (χ2n) is 7.00. The van der Waals surface area contributed by atoms with Crippen molar-refractivity contribution >= 4 is 16.9 Å². The van der Waals surface area contributed by atoms with Gasteiger partial charge in [-0.2, -0.15) is 0 Å². The van der Waals surface area contributed by atoms with Crippen LogP contribution in [0, 0.1) is 6.92 Å². The molecule has 1 unspecified atom stereocenters. The molecule has 1 aromatic heterocycles. The Morgan fingerprint density at radius 3 is 2.70 bits per heavy atom. The van der Waals surface area contributed by atoms with E-state index < -0.39 is 0 Å². The SMILES string of the molecule is Cc1c(C(=O)N(Cc2ccccc2O)CC2CCCO2)oc2ccccc12. The molecule has 1 fully saturated rings. The molecule has 2 aromatic carbocycles. The fourth-order valence-corrected chi connectivity index (χ4v) is 3.63. The number of hydrogen-bond donors (Lipinski definition) is 1. The average molecular weight is 365 g/mol. The maximum absolute atomic E-state index is 13.3. The van der Waals surface area contributed by atoms with Crippen molar-refractivity contribution in [2.75, 3.05) is 13.2 Å². The van der Waals surface area contributed by atoms with Gasteiger partial charge in [-0.05, 0) is 31.9 Å². The molecule has 2 heterocycles. The topological polar surface area (TPSA) is 62.9 Å². The van der Waals surface area contributed by atoms with E-state index >= 15 is 0 Å². The van der Waals surface area contributed by atoms with E-state index in [4.69, 9.17) is 9.15 Å². The Kier molecular flexibility index (Phi) is 4.86. The molecule has 5 nitrogen and oxygen atoms in total. The van der Waals surface area contributed by atoms with Crippen molar-refractivity contribution in [3.63, 3.8) is 0 Å². The van der Waals surface area contributed by atoms with Crippen LogP contribution in [0.2, 0.25) is 0 Å². The maximum Gasteiger partial charge on any atom is 0.290 e. The second kappa shape index (κ2) is 7.45. The normalized spacial score (nSPS) is 16.7. The molecule has 5 heteroatoms. The number of carbonyl (C=O) groups is 1. The lowest BCUT2D eigenvalue weighted by Crippen LogP contribution is -2.37. The van der Waals surface area contributed by atoms with Crippen molar-refractivity contribution in [3.8, 4) is 5.75 Å². The lowest BCUT2D eigenvalue weighted by Gasteiger charge is -2.25. The van der Waals surface area contributed by atoms with E-state index in [1.165, 1.54) is 0 Å². The van der Waals surface area contributed by atoms with Gasteiger partial charge < -0.3 is 19.2 Å². The number of aryl methyl sites for hydroxylation is 1. The Labute approximate surface area is 158 Å². The van der Waals surface area contributed by atoms with E-state index in [-0.39, 0.29) is 17.8 Å². The first kappa shape index (κ1) is 17.6. The van der Waals surface area contributed by atoms with Gasteiger partial charge in [0.1, 0.15) is 11.3 Å². The van der Waals surface area contributed by atoms with Crippen LogP contribution < -0.4 is 0 Å². The summed E-state index contributed by atoms with van der Waals surface area (Å²) in [7, 11) is 0. The molecule has 0 radical (unpaired) electrons. The van der Waals surface area contributed by atoms with Crippen molar-refractivity contribution in [1.82, 2.24) is 4.90 Å². The molecule has 1 amide bonds. The number of carbonyl (C=O) groups excluding carboxylic acids is 1. The molecule has 1 aliphatic rings. The summed E-state index contributed by atoms with van der Waals surface area (Å²) in [5, 5.41) is 11.1. The van der Waals surface area contributed by atoms with Gasteiger partial charge >= 0.3 is 0 Å². The average Bonchev–Trinajstić information content (AvgIpc) is 3.31. The molecule has 4 rings (SSSR count). The predicted octanol–water partition coefficient (Wildman–Crippen LogP) is 4.27. The van der Waals surface area contributed by atoms with Gasteiger partial charge in [-0.1, -0.05) is 36.4 Å². The van der Waals surface area contributed by atoms with Gasteiger partial charge in [0.2, 0.25) is 0 Å². The van der Waals surface area contributed by atoms with Gasteiger partial charge in [-0.3, -0.25) is 4.79 Å². The van der Waals surface area contributed by atoms with Crippen molar-refractivity contribution in [1.29, 1.82) is 0 Å². The monoisotopic (exact) mass is 365 g/mol. The smallest absolute Gasteiger partial charge is 0.290 e. The van der Waals surface area contributed by atoms with Crippen molar-refractivity contribution < 1.29 is 19.1 Å². The molecule has 1 atom stereocenters. The first-order valence-corrected chi connectivity index (χ1v) is 9.29. The van der Waals surface area contributed by atoms with E-state index in [1.807, 2.05) is 43.3 Å². The molecule has 0 saturated carbocycles. The van der Waals surface area contributed by atoms with E-state index in [9.17, 15) is 9.90 Å². The molecule has 3 aromatic rings. The minimum Gasteiger partial charge on any atom is -0.508 e. The Morgan fingerprint density at radius 1 is 1.19 bits per heavy atom. The van der Waals surface area contributed by atoms with Gasteiger partial charge in [-0.25, -0.2) is 0 Å². The van der Waals surface area contributed by atoms with Gasteiger partial charge in [0, 0.05) is 36.2 Å². The highest BCUT2D eigenvalue weighted by atomic mass is 16.5. The van der Waals surface area contributed by atoms with Crippen LogP contribution in [0.15, 0.2) is 52.9 Å². The van der Waals surface area contributed by atoms with Crippen LogP contribution in [0.5, 0.6) is 5.75 Å². The molecule has 0 aliphatic carbocycles. The number of ether oxygens (including phenoxy) is 1. The van der Waals surface area contributed by atoms with E-state index in [0.29, 0.717) is 30.0 Å². The number of phenols is 1. The maximum atomic E-state index is 13.3. The van der Waals surface area contributed by atoms with Crippen LogP contribution in [-0.2, 0) is 11.3 Å². The van der Waals surface area contributed by atoms with E-state index in [0.717, 1.165) is 30.4 Å². The lowest BCUT2D eigenvalue weighted by atomic mass is 10.1. The molecule has 140 valence electrons. The Balaban J connectivity index is 1.66. The Morgan fingerprint density at radius 2 is 1.96 bits per heavy atom. The largest absolute Gasteiger partial charge is 0.508 e. The summed E-state index contributed by atoms with van der Waals surface area (Å²) in [6.45, 7) is 3.42. The van der Waals surface area contributed by atoms with Gasteiger partial charge in [0.05, 0.1) is 6.10 Å². The summed E-state index contributed by atoms with van der Waals surface area (Å²) in [6.07, 6.45) is 1.96. The molecular weight excluding hydrogens is 342 g/mol. The number of furan rings is 1. The minimum absolute atomic E-state index is 0.0180. The third-order valence-corrected chi connectivity index (χ3v) is 5.13. The summed E-state index contributed by atoms with van der Waals surface area (Å²) >= 11 is 0. The molecule has 27 heavy (non-hydrogen) atoms. The summed E-state index contributed by atoms with van der Waals surface area (Å²) < 4.78 is 11.6. The standard InChI is InChI=1S/C22H23NO4/c1-15-18-9-3-5-11-20(18)27-21(15)22(25)23(14-17-8-6-12-26-17)13-16-7-2-4-10-19(16)24/h2-5,7,9-11,17,24H,6,8,12-14H2,1H3. The van der Waals surface area contributed by atoms with Crippen LogP contribution >= 0.6 is 0 Å². The molecule has 0 bridgehead atoms. The van der Waals surface area contributed by atoms with Gasteiger partial charge in [0.15, 0.2) is 5.76 Å². The second-order valence-corrected chi connectivity index (χ2v) is 7.00. The number of fused-ring (bicyclic) bond motifs is 1. The highest BCUT2D eigenvalue weighted by Crippen LogP contribution is 2.28. The predicted molar refractivity (Wildman–Crippen MR) is 103 cm³/mol. The van der Waals surface area contributed by atoms with Crippen molar-refractivity contribution in [3.05, 3.63) is 65.4 Å². The third kappa shape index (κ3) is 3.55. The molecule has 1 aliphatic heterocycles. The summed E-state index contributed by atoms with van der Waals surface area (Å²) in [5.74, 6) is 0.357. The number of nitrogens with zero attached hydrogens (tertiary/aromatic N) is 1. The minimum atomic E-state index is -0.178. The van der Waals surface area contributed by atoms with Crippen LogP contribution in [0.3, 0.4) is 0 Å². The number of rotatable bonds is 5. The first-order chi connectivity index (χ1) is 13.1. The molecule has 1 saturated heterocycles. The number of hydrogen-bond acceptors (Lipinski definition) is 4. The fourth-order valence-electron chi connectivity index (χ4n) is 3.63. The highest BCUT2D eigenvalue weighted by molar-refractivity contribution is 5.98. The third-order valence-electron chi connectivity index (χ3n) is 5.13. The van der Waals surface area contributed by atoms with Gasteiger partial charge in [0.25, 0.3) is 5.91 Å². The molecule has 1 N–H and O–H groups in total. The first-order valence-electron chi connectivity index (χ1n) is 9.29. The number of aromatic hydroxyl groups is 1. The summed E-state index contributed by atoms with van der Waals surface area (Å²) in [4.78, 5) is 15.1.